The van der Waals surface area contributed by atoms with Crippen LogP contribution in [0.3, 0.4) is 0 Å². The van der Waals surface area contributed by atoms with Crippen molar-refractivity contribution in [1.29, 1.82) is 0 Å². The summed E-state index contributed by atoms with van der Waals surface area (Å²) >= 11 is 0. The van der Waals surface area contributed by atoms with Crippen molar-refractivity contribution < 1.29 is 97.8 Å². The van der Waals surface area contributed by atoms with Gasteiger partial charge in [0, 0.05) is 203 Å². The lowest BCUT2D eigenvalue weighted by Crippen LogP contribution is -2.55. The van der Waals surface area contributed by atoms with E-state index in [2.05, 4.69) is 98.5 Å². The first-order valence-electron chi connectivity index (χ1n) is 47.9. The van der Waals surface area contributed by atoms with Crippen molar-refractivity contribution in [2.75, 3.05) is 139 Å². The molecule has 33 nitrogen and oxygen atoms in total. The van der Waals surface area contributed by atoms with Crippen molar-refractivity contribution in [3.05, 3.63) is 233 Å². The number of H-pyrrole nitrogens is 2. The average Bonchev–Trinajstić information content (AvgIpc) is 1.59. The molecule has 143 heavy (non-hydrogen) atoms. The number of nitrogens with two attached hydrogens (primary N) is 1. The molecule has 0 aliphatic carbocycles. The number of hydrogen-bond acceptors (Lipinski definition) is 23. The van der Waals surface area contributed by atoms with E-state index in [1.165, 1.54) is 12.1 Å². The van der Waals surface area contributed by atoms with Crippen molar-refractivity contribution in [3.63, 3.8) is 0 Å². The molecule has 11 amide bonds. The maximum absolute atomic E-state index is 15.7. The monoisotopic (exact) mass is 1980 g/mol. The molecule has 6 atom stereocenters. The lowest BCUT2D eigenvalue weighted by Gasteiger charge is -2.44. The molecule has 2 aromatic heterocycles. The molecule has 6 aromatic carbocycles. The molecule has 10 N–H and O–H groups in total. The summed E-state index contributed by atoms with van der Waals surface area (Å²) in [5.74, 6) is -8.39. The number of benzene rings is 6. The van der Waals surface area contributed by atoms with E-state index in [1.54, 1.807) is 97.1 Å². The molecule has 0 saturated carbocycles. The number of imide groups is 4. The number of unbranched alkanes of at least 4 members (excludes halogenated alkanes) is 2. The predicted molar refractivity (Wildman–Crippen MR) is 516 cm³/mol. The van der Waals surface area contributed by atoms with Gasteiger partial charge in [-0.3, -0.25) is 117 Å². The Kier molecular flexibility index (Phi) is 33.7. The smallest absolute Gasteiger partial charge is 0.417 e. The highest BCUT2D eigenvalue weighted by Crippen LogP contribution is 2.42. The quantitative estimate of drug-likeness (QED) is 0.0119. The summed E-state index contributed by atoms with van der Waals surface area (Å²) in [7, 11) is 4.04. The SMILES string of the molecule is C[C@@H]1CN(c2ccc(-c3cc(CN4CCN(CCN)CC4)ccc3F)cc2NC(=O)c2c[nH]c(=O)cc2C(F)(F)F)C[C@H](C)N1C.C[C@@H]1CN(c2ccc(-c3cc(CN4CCN(CCNC(=O)CCCCc5cccc6c5C(=O)N(C5CCC(=O)NC5=O)C6=O)CC4)ccc3F)cc2NC(=O)c2c[nH]c(=O)cc2C(F)(F)F)C[C@H](C)N1C.O=C(O)CCCCc1cccc2c1C(=O)N(C1CCC(=O)NC1=O)C2=O. The summed E-state index contributed by atoms with van der Waals surface area (Å²) in [6, 6.07) is 29.2. The number of carboxylic acid groups (broad SMARTS) is 1. The number of piperidine rings is 2. The van der Waals surface area contributed by atoms with E-state index in [9.17, 15) is 93.5 Å². The first-order chi connectivity index (χ1) is 68.1. The number of aryl methyl sites for hydroxylation is 2. The van der Waals surface area contributed by atoms with Gasteiger partial charge in [0.2, 0.25) is 40.7 Å². The summed E-state index contributed by atoms with van der Waals surface area (Å²) < 4.78 is 114. The van der Waals surface area contributed by atoms with Crippen LogP contribution in [0.15, 0.2) is 143 Å². The van der Waals surface area contributed by atoms with Crippen LogP contribution in [0.5, 0.6) is 0 Å². The number of fused-ring (bicyclic) bond motifs is 2. The third-order valence-corrected chi connectivity index (χ3v) is 27.8. The number of alkyl halides is 6. The minimum atomic E-state index is -4.97. The number of halogens is 8. The molecule has 0 bridgehead atoms. The van der Waals surface area contributed by atoms with E-state index in [0.29, 0.717) is 149 Å². The van der Waals surface area contributed by atoms with E-state index >= 15 is 8.78 Å². The molecule has 8 aliphatic rings. The topological polar surface area (TPSA) is 409 Å². The van der Waals surface area contributed by atoms with Crippen LogP contribution < -0.4 is 53.2 Å². The molecule has 8 aliphatic heterocycles. The number of aromatic amines is 2. The van der Waals surface area contributed by atoms with Gasteiger partial charge in [-0.1, -0.05) is 48.5 Å². The van der Waals surface area contributed by atoms with Gasteiger partial charge < -0.3 is 46.6 Å². The summed E-state index contributed by atoms with van der Waals surface area (Å²) in [6.45, 7) is 20.8. The van der Waals surface area contributed by atoms with Crippen molar-refractivity contribution in [2.24, 2.45) is 5.73 Å². The lowest BCUT2D eigenvalue weighted by atomic mass is 9.98. The maximum atomic E-state index is 15.7. The Labute approximate surface area is 819 Å². The second-order valence-electron chi connectivity index (χ2n) is 37.5. The van der Waals surface area contributed by atoms with Crippen molar-refractivity contribution in [2.45, 2.75) is 166 Å². The number of carbonyl (C=O) groups excluding carboxylic acids is 11. The molecule has 2 unspecified atom stereocenters. The molecule has 6 saturated heterocycles. The van der Waals surface area contributed by atoms with Gasteiger partial charge in [-0.25, -0.2) is 8.78 Å². The predicted octanol–water partition coefficient (Wildman–Crippen LogP) is 9.97. The fourth-order valence-electron chi connectivity index (χ4n) is 19.6. The van der Waals surface area contributed by atoms with Gasteiger partial charge in [0.25, 0.3) is 35.4 Å². The van der Waals surface area contributed by atoms with E-state index in [1.807, 2.05) is 19.0 Å². The second kappa shape index (κ2) is 45.8. The molecule has 6 fully saturated rings. The lowest BCUT2D eigenvalue weighted by molar-refractivity contribution is -0.138. The van der Waals surface area contributed by atoms with Crippen LogP contribution in [-0.2, 0) is 67.1 Å². The molecule has 0 radical (unpaired) electrons. The number of nitrogens with one attached hydrogen (secondary N) is 7. The Morgan fingerprint density at radius 3 is 1.24 bits per heavy atom. The number of aliphatic carboxylic acids is 1. The largest absolute Gasteiger partial charge is 0.481 e. The molecule has 8 aromatic rings. The number of carbonyl (C=O) groups is 12. The second-order valence-corrected chi connectivity index (χ2v) is 37.5. The molecule has 10 heterocycles. The van der Waals surface area contributed by atoms with Crippen LogP contribution in [0.25, 0.3) is 22.3 Å². The standard InChI is InChI=1S/C51H57F4N9O7.C33H41F4N7O2.C18H18N2O6/c1-30-27-63(28-31(2)60(30)3)41-14-12-34(24-40(41)58-47(68)37-26-57-45(67)25-38(37)51(53,54)55)36-23-32(11-13-39(36)52)29-62-21-19-61(20-22-62)18-17-56-43(65)10-5-4-7-33-8-6-9-35-46(33)50(71)64(49(35)70)42-15-16-44(66)59-48(42)69;1-21-18-44(19-22(2)41(21)3)30-7-5-24(15-29(30)40-32(46)26-17-39-31(45)16-27(26)33(35,36)37)25-14-23(4-6-28(25)34)20-43-12-10-42(9-8-38)11-13-43;21-13-9-8-12(16(24)19-13)20-17(25)11-6-3-5-10(15(11)18(20)26)4-1-2-7-14(22)23/h6,8-9,11-14,23-26,30-31,42H,4-5,7,10,15-22,27-29H2,1-3H3,(H,56,65)(H,57,67)(H,58,68)(H,59,66,69);4-7,14-17,21-22H,8-13,18-20,38H2,1-3H3,(H,39,45)(H,40,46);3,5-6,12H,1-2,4,7-9H2,(H,22,23)(H,19,21,24)/t30-,31+,42?;21-,22+;. The van der Waals surface area contributed by atoms with Gasteiger partial charge in [0.1, 0.15) is 23.7 Å². The van der Waals surface area contributed by atoms with E-state index in [0.717, 1.165) is 92.2 Å². The number of piperazine rings is 4. The zero-order valence-electron chi connectivity index (χ0n) is 80.1. The van der Waals surface area contributed by atoms with Crippen molar-refractivity contribution in [1.82, 2.24) is 65.1 Å². The Morgan fingerprint density at radius 1 is 0.462 bits per heavy atom. The van der Waals surface area contributed by atoms with Gasteiger partial charge in [0.05, 0.1) is 67.3 Å². The number of likely N-dealkylation sites (N-methyl/N-ethyl adjacent to an activating group) is 2. The van der Waals surface area contributed by atoms with Crippen LogP contribution in [-0.4, -0.2) is 280 Å². The molecule has 0 spiro atoms. The van der Waals surface area contributed by atoms with Gasteiger partial charge in [-0.05, 0) is 187 Å². The van der Waals surface area contributed by atoms with Crippen LogP contribution in [0.4, 0.5) is 57.9 Å². The number of carboxylic acids is 1. The molecule has 41 heteroatoms. The molecule has 16 rings (SSSR count). The summed E-state index contributed by atoms with van der Waals surface area (Å²) in [6.07, 6.45) is -4.62. The normalized spacial score (nSPS) is 20.1. The zero-order chi connectivity index (χ0) is 103. The highest BCUT2D eigenvalue weighted by molar-refractivity contribution is 6.25. The first kappa shape index (κ1) is 105. The number of aromatic nitrogens is 2. The molecular formula is C102H116F8N18O15. The maximum Gasteiger partial charge on any atom is 0.417 e. The van der Waals surface area contributed by atoms with Gasteiger partial charge >= 0.3 is 18.3 Å². The van der Waals surface area contributed by atoms with E-state index < -0.39 is 134 Å². The Bertz CT molecular complexity index is 6290. The fraction of sp³-hybridized carbons (Fsp3) is 0.431. The first-order valence-corrected chi connectivity index (χ1v) is 47.9. The number of amides is 11. The third-order valence-electron chi connectivity index (χ3n) is 27.8. The fourth-order valence-corrected chi connectivity index (χ4v) is 19.6. The van der Waals surface area contributed by atoms with Crippen molar-refractivity contribution >= 4 is 93.7 Å². The Hall–Kier alpha value is -13.6. The van der Waals surface area contributed by atoms with E-state index in [4.69, 9.17) is 10.8 Å². The summed E-state index contributed by atoms with van der Waals surface area (Å²) in [5.41, 5.74) is 6.71. The van der Waals surface area contributed by atoms with Crippen molar-refractivity contribution in [3.8, 4) is 22.3 Å². The summed E-state index contributed by atoms with van der Waals surface area (Å²) in [5, 5.41) is 21.4. The van der Waals surface area contributed by atoms with Gasteiger partial charge in [-0.15, -0.1) is 0 Å². The van der Waals surface area contributed by atoms with Crippen LogP contribution in [0.2, 0.25) is 0 Å². The van der Waals surface area contributed by atoms with Gasteiger partial charge in [-0.2, -0.15) is 26.3 Å². The minimum absolute atomic E-state index is 0.0382. The van der Waals surface area contributed by atoms with Gasteiger partial charge in [0.15, 0.2) is 0 Å². The highest BCUT2D eigenvalue weighted by atomic mass is 19.4. The Morgan fingerprint density at radius 2 is 0.853 bits per heavy atom. The van der Waals surface area contributed by atoms with Crippen LogP contribution >= 0.6 is 0 Å². The van der Waals surface area contributed by atoms with Crippen LogP contribution in [0, 0.1) is 11.6 Å². The number of hydrogen-bond donors (Lipinski definition) is 9. The molecular weight excluding hydrogens is 1870 g/mol. The number of rotatable bonds is 29. The Balaban J connectivity index is 0.000000191. The highest BCUT2D eigenvalue weighted by Gasteiger charge is 2.48. The third kappa shape index (κ3) is 25.2. The number of nitrogens with zero attached hydrogens (tertiary/aromatic N) is 10. The number of anilines is 4. The number of pyridine rings is 2. The zero-order valence-corrected chi connectivity index (χ0v) is 80.1. The summed E-state index contributed by atoms with van der Waals surface area (Å²) in [4.78, 5) is 197. The minimum Gasteiger partial charge on any atom is -0.481 e. The average molecular weight is 1990 g/mol. The molecule has 760 valence electrons. The van der Waals surface area contributed by atoms with Crippen LogP contribution in [0.1, 0.15) is 187 Å². The van der Waals surface area contributed by atoms with E-state index in [-0.39, 0.29) is 108 Å².